The molecular formula is C21H25NO5. The van der Waals surface area contributed by atoms with Crippen molar-refractivity contribution < 1.29 is 23.7 Å². The Balaban J connectivity index is 1.73. The Morgan fingerprint density at radius 3 is 2.44 bits per heavy atom. The van der Waals surface area contributed by atoms with Gasteiger partial charge in [0.25, 0.3) is 5.91 Å². The van der Waals surface area contributed by atoms with Gasteiger partial charge in [0, 0.05) is 18.7 Å². The van der Waals surface area contributed by atoms with Gasteiger partial charge in [0.15, 0.2) is 11.5 Å². The van der Waals surface area contributed by atoms with E-state index < -0.39 is 0 Å². The minimum atomic E-state index is -0.197. The normalized spacial score (nSPS) is 16.0. The van der Waals surface area contributed by atoms with Gasteiger partial charge >= 0.3 is 0 Å². The number of ether oxygens (including phenoxy) is 4. The van der Waals surface area contributed by atoms with E-state index in [0.717, 1.165) is 25.0 Å². The van der Waals surface area contributed by atoms with Gasteiger partial charge in [-0.05, 0) is 30.5 Å². The van der Waals surface area contributed by atoms with E-state index in [2.05, 4.69) is 5.32 Å². The molecule has 144 valence electrons. The molecule has 1 amide bonds. The predicted molar refractivity (Wildman–Crippen MR) is 102 cm³/mol. The summed E-state index contributed by atoms with van der Waals surface area (Å²) in [6.45, 7) is 1.63. The van der Waals surface area contributed by atoms with Crippen LogP contribution < -0.4 is 19.5 Å². The number of carbonyl (C=O) groups excluding carboxylic acids is 1. The zero-order valence-corrected chi connectivity index (χ0v) is 15.7. The van der Waals surface area contributed by atoms with Gasteiger partial charge in [-0.3, -0.25) is 4.79 Å². The van der Waals surface area contributed by atoms with Crippen molar-refractivity contribution in [1.29, 1.82) is 0 Å². The molecule has 0 bridgehead atoms. The zero-order chi connectivity index (χ0) is 19.1. The molecule has 2 aromatic carbocycles. The fourth-order valence-electron chi connectivity index (χ4n) is 3.00. The van der Waals surface area contributed by atoms with Gasteiger partial charge in [-0.2, -0.15) is 0 Å². The third kappa shape index (κ3) is 4.92. The third-order valence-electron chi connectivity index (χ3n) is 4.46. The summed E-state index contributed by atoms with van der Waals surface area (Å²) in [5.41, 5.74) is 1.48. The summed E-state index contributed by atoms with van der Waals surface area (Å²) in [6, 6.07) is 13.1. The van der Waals surface area contributed by atoms with Crippen LogP contribution >= 0.6 is 0 Å². The van der Waals surface area contributed by atoms with Crippen molar-refractivity contribution in [3.8, 4) is 17.2 Å². The molecule has 3 rings (SSSR count). The molecule has 1 N–H and O–H groups in total. The molecule has 1 fully saturated rings. The summed E-state index contributed by atoms with van der Waals surface area (Å²) in [4.78, 5) is 12.5. The molecule has 2 aromatic rings. The Morgan fingerprint density at radius 1 is 1.15 bits per heavy atom. The minimum absolute atomic E-state index is 0.0891. The van der Waals surface area contributed by atoms with E-state index >= 15 is 0 Å². The minimum Gasteiger partial charge on any atom is -0.493 e. The second kappa shape index (κ2) is 9.28. The summed E-state index contributed by atoms with van der Waals surface area (Å²) in [5, 5.41) is 2.90. The molecule has 0 saturated carbocycles. The maximum Gasteiger partial charge on any atom is 0.251 e. The quantitative estimate of drug-likeness (QED) is 0.772. The molecule has 1 aliphatic heterocycles. The van der Waals surface area contributed by atoms with Crippen LogP contribution in [0.5, 0.6) is 17.2 Å². The van der Waals surface area contributed by atoms with Crippen molar-refractivity contribution in [2.24, 2.45) is 0 Å². The van der Waals surface area contributed by atoms with Gasteiger partial charge in [0.2, 0.25) is 5.75 Å². The van der Waals surface area contributed by atoms with Crippen molar-refractivity contribution in [2.75, 3.05) is 27.4 Å². The van der Waals surface area contributed by atoms with Crippen LogP contribution in [-0.4, -0.2) is 39.4 Å². The van der Waals surface area contributed by atoms with Gasteiger partial charge in [-0.15, -0.1) is 0 Å². The molecule has 0 aliphatic carbocycles. The number of amides is 1. The molecule has 6 heteroatoms. The van der Waals surface area contributed by atoms with E-state index in [0.29, 0.717) is 36.0 Å². The van der Waals surface area contributed by atoms with Crippen molar-refractivity contribution in [3.05, 3.63) is 53.6 Å². The summed E-state index contributed by atoms with van der Waals surface area (Å²) in [7, 11) is 3.08. The second-order valence-electron chi connectivity index (χ2n) is 6.33. The van der Waals surface area contributed by atoms with Gasteiger partial charge in [0.05, 0.1) is 20.3 Å². The van der Waals surface area contributed by atoms with E-state index in [-0.39, 0.29) is 12.0 Å². The summed E-state index contributed by atoms with van der Waals surface area (Å²) < 4.78 is 22.3. The standard InChI is InChI=1S/C21H25NO5/c1-24-18-11-16(21(23)22-13-17-9-6-10-26-17)12-19(25-2)20(18)27-14-15-7-4-3-5-8-15/h3-5,7-8,11-12,17H,6,9-10,13-14H2,1-2H3,(H,22,23). The molecule has 27 heavy (non-hydrogen) atoms. The molecule has 1 heterocycles. The number of hydrogen-bond acceptors (Lipinski definition) is 5. The summed E-state index contributed by atoms with van der Waals surface area (Å²) in [6.07, 6.45) is 2.10. The van der Waals surface area contributed by atoms with Crippen LogP contribution in [0.1, 0.15) is 28.8 Å². The monoisotopic (exact) mass is 371 g/mol. The number of rotatable bonds is 8. The Bertz CT molecular complexity index is 731. The van der Waals surface area contributed by atoms with Crippen LogP contribution in [0.4, 0.5) is 0 Å². The van der Waals surface area contributed by atoms with Crippen LogP contribution in [0.25, 0.3) is 0 Å². The third-order valence-corrected chi connectivity index (χ3v) is 4.46. The highest BCUT2D eigenvalue weighted by molar-refractivity contribution is 5.95. The van der Waals surface area contributed by atoms with Crippen LogP contribution in [0.15, 0.2) is 42.5 Å². The largest absolute Gasteiger partial charge is 0.493 e. The molecule has 0 radical (unpaired) electrons. The molecule has 1 atom stereocenters. The van der Waals surface area contributed by atoms with E-state index in [1.807, 2.05) is 30.3 Å². The summed E-state index contributed by atoms with van der Waals surface area (Å²) in [5.74, 6) is 1.18. The smallest absolute Gasteiger partial charge is 0.251 e. The van der Waals surface area contributed by atoms with E-state index in [1.165, 1.54) is 14.2 Å². The lowest BCUT2D eigenvalue weighted by Gasteiger charge is -2.17. The highest BCUT2D eigenvalue weighted by atomic mass is 16.5. The van der Waals surface area contributed by atoms with E-state index in [4.69, 9.17) is 18.9 Å². The molecule has 0 spiro atoms. The molecule has 6 nitrogen and oxygen atoms in total. The fraction of sp³-hybridized carbons (Fsp3) is 0.381. The lowest BCUT2D eigenvalue weighted by atomic mass is 10.1. The van der Waals surface area contributed by atoms with Crippen LogP contribution in [0.3, 0.4) is 0 Å². The summed E-state index contributed by atoms with van der Waals surface area (Å²) >= 11 is 0. The highest BCUT2D eigenvalue weighted by Gasteiger charge is 2.20. The topological polar surface area (TPSA) is 66.0 Å². The first-order valence-corrected chi connectivity index (χ1v) is 9.04. The second-order valence-corrected chi connectivity index (χ2v) is 6.33. The lowest BCUT2D eigenvalue weighted by molar-refractivity contribution is 0.0857. The van der Waals surface area contributed by atoms with Crippen molar-refractivity contribution in [1.82, 2.24) is 5.32 Å². The first kappa shape index (κ1) is 19.0. The van der Waals surface area contributed by atoms with Crippen molar-refractivity contribution in [3.63, 3.8) is 0 Å². The number of benzene rings is 2. The first-order valence-electron chi connectivity index (χ1n) is 9.04. The average molecular weight is 371 g/mol. The Hall–Kier alpha value is -2.73. The Morgan fingerprint density at radius 2 is 1.85 bits per heavy atom. The zero-order valence-electron chi connectivity index (χ0n) is 15.7. The Labute approximate surface area is 159 Å². The number of methoxy groups -OCH3 is 2. The van der Waals surface area contributed by atoms with Crippen LogP contribution in [-0.2, 0) is 11.3 Å². The molecule has 0 aromatic heterocycles. The SMILES string of the molecule is COc1cc(C(=O)NCC2CCCO2)cc(OC)c1OCc1ccccc1. The molecule has 1 unspecified atom stereocenters. The molecule has 1 aliphatic rings. The Kier molecular flexibility index (Phi) is 6.54. The van der Waals surface area contributed by atoms with E-state index in [1.54, 1.807) is 12.1 Å². The maximum absolute atomic E-state index is 12.5. The lowest BCUT2D eigenvalue weighted by Crippen LogP contribution is -2.31. The van der Waals surface area contributed by atoms with Crippen molar-refractivity contribution in [2.45, 2.75) is 25.6 Å². The number of hydrogen-bond donors (Lipinski definition) is 1. The fourth-order valence-corrected chi connectivity index (χ4v) is 3.00. The van der Waals surface area contributed by atoms with Gasteiger partial charge in [-0.25, -0.2) is 0 Å². The van der Waals surface area contributed by atoms with E-state index in [9.17, 15) is 4.79 Å². The molecular weight excluding hydrogens is 346 g/mol. The molecule has 1 saturated heterocycles. The highest BCUT2D eigenvalue weighted by Crippen LogP contribution is 2.39. The van der Waals surface area contributed by atoms with Crippen LogP contribution in [0.2, 0.25) is 0 Å². The van der Waals surface area contributed by atoms with Crippen molar-refractivity contribution >= 4 is 5.91 Å². The predicted octanol–water partition coefficient (Wildman–Crippen LogP) is 3.19. The van der Waals surface area contributed by atoms with Gasteiger partial charge < -0.3 is 24.3 Å². The van der Waals surface area contributed by atoms with Gasteiger partial charge in [0.1, 0.15) is 6.61 Å². The average Bonchev–Trinajstić information content (AvgIpc) is 3.24. The van der Waals surface area contributed by atoms with Gasteiger partial charge in [-0.1, -0.05) is 30.3 Å². The number of nitrogens with one attached hydrogen (secondary N) is 1. The van der Waals surface area contributed by atoms with Crippen LogP contribution in [0, 0.1) is 0 Å². The maximum atomic E-state index is 12.5. The first-order chi connectivity index (χ1) is 13.2. The number of carbonyl (C=O) groups is 1.